The molecule has 3 rings (SSSR count). The number of aromatic nitrogens is 2. The molecule has 0 aliphatic heterocycles. The smallest absolute Gasteiger partial charge is 0.132 e. The molecule has 0 atom stereocenters. The summed E-state index contributed by atoms with van der Waals surface area (Å²) in [5.74, 6) is 0. The molecular formula is C19H18ClN3. The second-order valence-corrected chi connectivity index (χ2v) is 5.66. The lowest BCUT2D eigenvalue weighted by Crippen LogP contribution is -2.16. The number of nitrogens with zero attached hydrogens (tertiary/aromatic N) is 2. The third kappa shape index (κ3) is 4.38. The van der Waals surface area contributed by atoms with Crippen molar-refractivity contribution in [3.63, 3.8) is 0 Å². The number of benzene rings is 1. The van der Waals surface area contributed by atoms with E-state index in [-0.39, 0.29) is 0 Å². The van der Waals surface area contributed by atoms with Crippen molar-refractivity contribution in [2.24, 2.45) is 0 Å². The van der Waals surface area contributed by atoms with Gasteiger partial charge in [0, 0.05) is 24.5 Å². The van der Waals surface area contributed by atoms with E-state index in [1.54, 1.807) is 12.4 Å². The Morgan fingerprint density at radius 1 is 0.957 bits per heavy atom. The van der Waals surface area contributed by atoms with Gasteiger partial charge in [0.15, 0.2) is 0 Å². The number of hydrogen-bond acceptors (Lipinski definition) is 3. The minimum Gasteiger partial charge on any atom is -0.312 e. The van der Waals surface area contributed by atoms with E-state index in [9.17, 15) is 0 Å². The normalized spacial score (nSPS) is 10.7. The molecule has 0 saturated heterocycles. The van der Waals surface area contributed by atoms with Crippen molar-refractivity contribution in [2.75, 3.05) is 6.54 Å². The molecule has 3 nitrogen and oxygen atoms in total. The fraction of sp³-hybridized carbons (Fsp3) is 0.158. The number of nitrogens with one attached hydrogen (secondary N) is 1. The zero-order valence-electron chi connectivity index (χ0n) is 12.7. The summed E-state index contributed by atoms with van der Waals surface area (Å²) in [6, 6.07) is 18.3. The molecule has 0 bridgehead atoms. The Labute approximate surface area is 141 Å². The maximum Gasteiger partial charge on any atom is 0.132 e. The number of pyridine rings is 2. The first-order valence-corrected chi connectivity index (χ1v) is 8.01. The van der Waals surface area contributed by atoms with Crippen molar-refractivity contribution < 1.29 is 0 Å². The SMILES string of the molecule is Clc1ncc(-c2ccccn2)cc1CCNCc1ccccc1. The molecule has 2 heterocycles. The molecule has 0 aliphatic carbocycles. The maximum absolute atomic E-state index is 6.22. The molecule has 4 heteroatoms. The van der Waals surface area contributed by atoms with Gasteiger partial charge in [0.2, 0.25) is 0 Å². The van der Waals surface area contributed by atoms with Crippen LogP contribution in [0.25, 0.3) is 11.3 Å². The molecule has 0 saturated carbocycles. The minimum atomic E-state index is 0.561. The molecule has 0 spiro atoms. The third-order valence-corrected chi connectivity index (χ3v) is 3.96. The molecule has 0 unspecified atom stereocenters. The third-order valence-electron chi connectivity index (χ3n) is 3.62. The second kappa shape index (κ2) is 7.86. The minimum absolute atomic E-state index is 0.561. The molecule has 0 fully saturated rings. The van der Waals surface area contributed by atoms with Gasteiger partial charge in [-0.1, -0.05) is 48.0 Å². The quantitative estimate of drug-likeness (QED) is 0.547. The summed E-state index contributed by atoms with van der Waals surface area (Å²) in [5.41, 5.74) is 4.22. The summed E-state index contributed by atoms with van der Waals surface area (Å²) in [6.45, 7) is 1.70. The molecule has 2 aromatic heterocycles. The Hall–Kier alpha value is -2.23. The highest BCUT2D eigenvalue weighted by Crippen LogP contribution is 2.21. The number of hydrogen-bond donors (Lipinski definition) is 1. The molecule has 23 heavy (non-hydrogen) atoms. The fourth-order valence-electron chi connectivity index (χ4n) is 2.39. The lowest BCUT2D eigenvalue weighted by atomic mass is 10.1. The van der Waals surface area contributed by atoms with Gasteiger partial charge in [-0.25, -0.2) is 4.98 Å². The van der Waals surface area contributed by atoms with Crippen molar-refractivity contribution in [1.82, 2.24) is 15.3 Å². The van der Waals surface area contributed by atoms with Crippen LogP contribution < -0.4 is 5.32 Å². The standard InChI is InChI=1S/C19H18ClN3/c20-19-16(9-11-21-13-15-6-2-1-3-7-15)12-17(14-23-19)18-8-4-5-10-22-18/h1-8,10,12,14,21H,9,11,13H2. The highest BCUT2D eigenvalue weighted by Gasteiger charge is 2.06. The predicted octanol–water partition coefficient (Wildman–Crippen LogP) is 4.13. The number of rotatable bonds is 6. The highest BCUT2D eigenvalue weighted by molar-refractivity contribution is 6.30. The van der Waals surface area contributed by atoms with Crippen molar-refractivity contribution in [2.45, 2.75) is 13.0 Å². The molecule has 0 aliphatic rings. The lowest BCUT2D eigenvalue weighted by molar-refractivity contribution is 0.686. The average molecular weight is 324 g/mol. The zero-order chi connectivity index (χ0) is 15.9. The first-order valence-electron chi connectivity index (χ1n) is 7.63. The molecule has 0 radical (unpaired) electrons. The van der Waals surface area contributed by atoms with Gasteiger partial charge in [-0.15, -0.1) is 0 Å². The summed E-state index contributed by atoms with van der Waals surface area (Å²) >= 11 is 6.22. The largest absolute Gasteiger partial charge is 0.312 e. The number of halogens is 1. The highest BCUT2D eigenvalue weighted by atomic mass is 35.5. The zero-order valence-corrected chi connectivity index (χ0v) is 13.5. The van der Waals surface area contributed by atoms with Crippen LogP contribution in [0.4, 0.5) is 0 Å². The van der Waals surface area contributed by atoms with Crippen LogP contribution in [-0.4, -0.2) is 16.5 Å². The van der Waals surface area contributed by atoms with Crippen LogP contribution in [0.3, 0.4) is 0 Å². The van der Waals surface area contributed by atoms with Crippen LogP contribution in [0.1, 0.15) is 11.1 Å². The monoisotopic (exact) mass is 323 g/mol. The van der Waals surface area contributed by atoms with Crippen LogP contribution in [0, 0.1) is 0 Å². The van der Waals surface area contributed by atoms with Gasteiger partial charge < -0.3 is 5.32 Å². The molecular weight excluding hydrogens is 306 g/mol. The van der Waals surface area contributed by atoms with E-state index >= 15 is 0 Å². The van der Waals surface area contributed by atoms with Crippen molar-refractivity contribution in [1.29, 1.82) is 0 Å². The molecule has 1 N–H and O–H groups in total. The molecule has 1 aromatic carbocycles. The average Bonchev–Trinajstić information content (AvgIpc) is 2.62. The van der Waals surface area contributed by atoms with E-state index in [4.69, 9.17) is 11.6 Å². The molecule has 0 amide bonds. The first kappa shape index (κ1) is 15.7. The van der Waals surface area contributed by atoms with Gasteiger partial charge in [0.05, 0.1) is 5.69 Å². The van der Waals surface area contributed by atoms with Crippen molar-refractivity contribution >= 4 is 11.6 Å². The Kier molecular flexibility index (Phi) is 5.35. The fourth-order valence-corrected chi connectivity index (χ4v) is 2.59. The van der Waals surface area contributed by atoms with Crippen LogP contribution in [0.5, 0.6) is 0 Å². The maximum atomic E-state index is 6.22. The Morgan fingerprint density at radius 3 is 2.57 bits per heavy atom. The summed E-state index contributed by atoms with van der Waals surface area (Å²) in [5, 5.41) is 4.00. The van der Waals surface area contributed by atoms with E-state index < -0.39 is 0 Å². The van der Waals surface area contributed by atoms with Gasteiger partial charge in [-0.05, 0) is 42.3 Å². The Morgan fingerprint density at radius 2 is 1.78 bits per heavy atom. The molecule has 116 valence electrons. The Bertz CT molecular complexity index is 745. The Balaban J connectivity index is 1.61. The van der Waals surface area contributed by atoms with Gasteiger partial charge in [0.1, 0.15) is 5.15 Å². The van der Waals surface area contributed by atoms with Crippen LogP contribution in [0.2, 0.25) is 5.15 Å². The van der Waals surface area contributed by atoms with Crippen LogP contribution >= 0.6 is 11.6 Å². The summed E-state index contributed by atoms with van der Waals surface area (Å²) in [4.78, 5) is 8.65. The van der Waals surface area contributed by atoms with Gasteiger partial charge in [-0.3, -0.25) is 4.98 Å². The van der Waals surface area contributed by atoms with Crippen molar-refractivity contribution in [3.05, 3.63) is 83.3 Å². The lowest BCUT2D eigenvalue weighted by Gasteiger charge is -2.08. The summed E-state index contributed by atoms with van der Waals surface area (Å²) < 4.78 is 0. The summed E-state index contributed by atoms with van der Waals surface area (Å²) in [6.07, 6.45) is 4.38. The van der Waals surface area contributed by atoms with E-state index in [1.165, 1.54) is 5.56 Å². The summed E-state index contributed by atoms with van der Waals surface area (Å²) in [7, 11) is 0. The topological polar surface area (TPSA) is 37.8 Å². The van der Waals surface area contributed by atoms with Crippen molar-refractivity contribution in [3.8, 4) is 11.3 Å². The molecule has 3 aromatic rings. The van der Waals surface area contributed by atoms with E-state index in [0.29, 0.717) is 5.15 Å². The predicted molar refractivity (Wildman–Crippen MR) is 94.3 cm³/mol. The van der Waals surface area contributed by atoms with Gasteiger partial charge >= 0.3 is 0 Å². The van der Waals surface area contributed by atoms with E-state index in [0.717, 1.165) is 36.3 Å². The van der Waals surface area contributed by atoms with E-state index in [2.05, 4.69) is 33.5 Å². The van der Waals surface area contributed by atoms with Crippen LogP contribution in [0.15, 0.2) is 67.0 Å². The van der Waals surface area contributed by atoms with Gasteiger partial charge in [0.25, 0.3) is 0 Å². The van der Waals surface area contributed by atoms with E-state index in [1.807, 2.05) is 36.4 Å². The van der Waals surface area contributed by atoms with Crippen LogP contribution in [-0.2, 0) is 13.0 Å². The van der Waals surface area contributed by atoms with Gasteiger partial charge in [-0.2, -0.15) is 0 Å². The second-order valence-electron chi connectivity index (χ2n) is 5.30. The first-order chi connectivity index (χ1) is 11.3.